The van der Waals surface area contributed by atoms with E-state index in [9.17, 15) is 13.2 Å². The molecule has 2 aromatic rings. The van der Waals surface area contributed by atoms with Crippen LogP contribution in [0.1, 0.15) is 37.8 Å². The SMILES string of the molecule is CCN(CC)c1ccc(CNC(=O)CCCN(c2cccc(Cl)c2C)S(C)(=O)=O)cc1. The molecule has 0 unspecified atom stereocenters. The van der Waals surface area contributed by atoms with Crippen molar-refractivity contribution >= 4 is 38.9 Å². The van der Waals surface area contributed by atoms with Gasteiger partial charge in [-0.05, 0) is 62.6 Å². The first-order valence-electron chi connectivity index (χ1n) is 10.5. The Balaban J connectivity index is 1.89. The third kappa shape index (κ3) is 7.14. The Labute approximate surface area is 191 Å². The first kappa shape index (κ1) is 25.0. The van der Waals surface area contributed by atoms with Crippen LogP contribution in [0.2, 0.25) is 5.02 Å². The molecular formula is C23H32ClN3O3S. The molecule has 0 bridgehead atoms. The minimum absolute atomic E-state index is 0.107. The van der Waals surface area contributed by atoms with Crippen LogP contribution in [0.15, 0.2) is 42.5 Å². The number of hydrogen-bond acceptors (Lipinski definition) is 4. The van der Waals surface area contributed by atoms with E-state index >= 15 is 0 Å². The van der Waals surface area contributed by atoms with Crippen LogP contribution in [0.3, 0.4) is 0 Å². The van der Waals surface area contributed by atoms with E-state index < -0.39 is 10.0 Å². The molecule has 31 heavy (non-hydrogen) atoms. The number of carbonyl (C=O) groups excluding carboxylic acids is 1. The van der Waals surface area contributed by atoms with Crippen LogP contribution in [-0.2, 0) is 21.4 Å². The van der Waals surface area contributed by atoms with E-state index in [-0.39, 0.29) is 18.9 Å². The van der Waals surface area contributed by atoms with E-state index in [4.69, 9.17) is 11.6 Å². The molecule has 0 aliphatic rings. The molecule has 0 aliphatic carbocycles. The number of nitrogens with zero attached hydrogens (tertiary/aromatic N) is 2. The second-order valence-electron chi connectivity index (χ2n) is 7.44. The summed E-state index contributed by atoms with van der Waals surface area (Å²) in [5.41, 5.74) is 3.43. The van der Waals surface area contributed by atoms with Crippen molar-refractivity contribution in [2.45, 2.75) is 40.2 Å². The van der Waals surface area contributed by atoms with Gasteiger partial charge in [0.05, 0.1) is 11.9 Å². The highest BCUT2D eigenvalue weighted by Crippen LogP contribution is 2.28. The van der Waals surface area contributed by atoms with Gasteiger partial charge in [-0.2, -0.15) is 0 Å². The van der Waals surface area contributed by atoms with Crippen LogP contribution < -0.4 is 14.5 Å². The lowest BCUT2D eigenvalue weighted by Crippen LogP contribution is -2.32. The Bertz CT molecular complexity index is 974. The number of halogens is 1. The number of benzene rings is 2. The maximum absolute atomic E-state index is 12.3. The topological polar surface area (TPSA) is 69.7 Å². The van der Waals surface area contributed by atoms with Gasteiger partial charge in [-0.15, -0.1) is 0 Å². The van der Waals surface area contributed by atoms with Crippen molar-refractivity contribution in [3.05, 3.63) is 58.6 Å². The summed E-state index contributed by atoms with van der Waals surface area (Å²) in [5.74, 6) is -0.107. The summed E-state index contributed by atoms with van der Waals surface area (Å²) in [6.45, 7) is 8.59. The third-order valence-electron chi connectivity index (χ3n) is 5.23. The van der Waals surface area contributed by atoms with Crippen LogP contribution in [0, 0.1) is 6.92 Å². The van der Waals surface area contributed by atoms with Gasteiger partial charge in [-0.1, -0.05) is 29.8 Å². The number of anilines is 2. The molecule has 1 amide bonds. The molecule has 170 valence electrons. The fraction of sp³-hybridized carbons (Fsp3) is 0.435. The minimum Gasteiger partial charge on any atom is -0.372 e. The second-order valence-corrected chi connectivity index (χ2v) is 9.75. The monoisotopic (exact) mass is 465 g/mol. The summed E-state index contributed by atoms with van der Waals surface area (Å²) in [6, 6.07) is 13.3. The highest BCUT2D eigenvalue weighted by molar-refractivity contribution is 7.92. The van der Waals surface area contributed by atoms with Crippen LogP contribution in [0.5, 0.6) is 0 Å². The van der Waals surface area contributed by atoms with E-state index in [1.807, 2.05) is 12.1 Å². The van der Waals surface area contributed by atoms with Gasteiger partial charge in [0.1, 0.15) is 0 Å². The zero-order valence-corrected chi connectivity index (χ0v) is 20.3. The Kier molecular flexibility index (Phi) is 9.19. The lowest BCUT2D eigenvalue weighted by atomic mass is 10.2. The van der Waals surface area contributed by atoms with Gasteiger partial charge >= 0.3 is 0 Å². The van der Waals surface area contributed by atoms with Crippen LogP contribution in [0.4, 0.5) is 11.4 Å². The van der Waals surface area contributed by atoms with Gasteiger partial charge in [-0.25, -0.2) is 8.42 Å². The van der Waals surface area contributed by atoms with Crippen molar-refractivity contribution in [2.24, 2.45) is 0 Å². The fourth-order valence-corrected chi connectivity index (χ4v) is 4.60. The summed E-state index contributed by atoms with van der Waals surface area (Å²) >= 11 is 6.15. The van der Waals surface area contributed by atoms with E-state index in [0.717, 1.165) is 30.6 Å². The smallest absolute Gasteiger partial charge is 0.232 e. The van der Waals surface area contributed by atoms with Crippen LogP contribution in [-0.4, -0.2) is 40.2 Å². The highest BCUT2D eigenvalue weighted by atomic mass is 35.5. The van der Waals surface area contributed by atoms with Gasteiger partial charge in [0.25, 0.3) is 0 Å². The first-order chi connectivity index (χ1) is 14.7. The molecule has 0 saturated heterocycles. The van der Waals surface area contributed by atoms with Crippen molar-refractivity contribution in [3.63, 3.8) is 0 Å². The van der Waals surface area contributed by atoms with Crippen molar-refractivity contribution < 1.29 is 13.2 Å². The number of hydrogen-bond donors (Lipinski definition) is 1. The lowest BCUT2D eigenvalue weighted by molar-refractivity contribution is -0.121. The second kappa shape index (κ2) is 11.4. The normalized spacial score (nSPS) is 11.3. The number of carbonyl (C=O) groups is 1. The zero-order valence-electron chi connectivity index (χ0n) is 18.7. The maximum atomic E-state index is 12.3. The van der Waals surface area contributed by atoms with Crippen molar-refractivity contribution in [2.75, 3.05) is 35.1 Å². The summed E-state index contributed by atoms with van der Waals surface area (Å²) in [7, 11) is -3.49. The maximum Gasteiger partial charge on any atom is 0.232 e. The Morgan fingerprint density at radius 2 is 1.71 bits per heavy atom. The predicted molar refractivity (Wildman–Crippen MR) is 129 cm³/mol. The van der Waals surface area contributed by atoms with E-state index in [1.165, 1.54) is 4.31 Å². The average Bonchev–Trinajstić information content (AvgIpc) is 2.73. The highest BCUT2D eigenvalue weighted by Gasteiger charge is 2.20. The minimum atomic E-state index is -3.49. The summed E-state index contributed by atoms with van der Waals surface area (Å²) in [6.07, 6.45) is 1.81. The molecule has 0 fully saturated rings. The molecule has 0 aliphatic heterocycles. The molecule has 0 atom stereocenters. The van der Waals surface area contributed by atoms with Gasteiger partial charge < -0.3 is 10.2 Å². The Hall–Kier alpha value is -2.25. The van der Waals surface area contributed by atoms with Gasteiger partial charge in [0.15, 0.2) is 0 Å². The molecule has 0 radical (unpaired) electrons. The van der Waals surface area contributed by atoms with Crippen molar-refractivity contribution in [1.82, 2.24) is 5.32 Å². The molecular weight excluding hydrogens is 434 g/mol. The molecule has 2 aromatic carbocycles. The van der Waals surface area contributed by atoms with Crippen molar-refractivity contribution in [3.8, 4) is 0 Å². The van der Waals surface area contributed by atoms with E-state index in [0.29, 0.717) is 29.2 Å². The molecule has 8 heteroatoms. The molecule has 0 saturated carbocycles. The van der Waals surface area contributed by atoms with Crippen LogP contribution >= 0.6 is 11.6 Å². The summed E-state index contributed by atoms with van der Waals surface area (Å²) in [5, 5.41) is 3.42. The quantitative estimate of drug-likeness (QED) is 0.535. The largest absolute Gasteiger partial charge is 0.372 e. The standard InChI is InChI=1S/C23H32ClN3O3S/c1-5-26(6-2)20-14-12-19(13-15-20)17-25-23(28)11-8-16-27(31(4,29)30)22-10-7-9-21(24)18(22)3/h7,9-10,12-15H,5-6,8,11,16-17H2,1-4H3,(H,25,28). The summed E-state index contributed by atoms with van der Waals surface area (Å²) < 4.78 is 25.9. The van der Waals surface area contributed by atoms with Crippen molar-refractivity contribution in [1.29, 1.82) is 0 Å². The number of rotatable bonds is 11. The Morgan fingerprint density at radius 3 is 2.29 bits per heavy atom. The molecule has 0 spiro atoms. The third-order valence-corrected chi connectivity index (χ3v) is 6.82. The number of amides is 1. The lowest BCUT2D eigenvalue weighted by Gasteiger charge is -2.24. The van der Waals surface area contributed by atoms with Gasteiger partial charge in [0, 0.05) is 43.3 Å². The van der Waals surface area contributed by atoms with E-state index in [2.05, 4.69) is 36.2 Å². The van der Waals surface area contributed by atoms with Gasteiger partial charge in [0.2, 0.25) is 15.9 Å². The van der Waals surface area contributed by atoms with E-state index in [1.54, 1.807) is 25.1 Å². The number of nitrogens with one attached hydrogen (secondary N) is 1. The van der Waals surface area contributed by atoms with Gasteiger partial charge in [-0.3, -0.25) is 9.10 Å². The van der Waals surface area contributed by atoms with Crippen LogP contribution in [0.25, 0.3) is 0 Å². The zero-order chi connectivity index (χ0) is 23.0. The molecule has 2 rings (SSSR count). The predicted octanol–water partition coefficient (Wildman–Crippen LogP) is 4.36. The molecule has 6 nitrogen and oxygen atoms in total. The fourth-order valence-electron chi connectivity index (χ4n) is 3.42. The Morgan fingerprint density at radius 1 is 1.06 bits per heavy atom. The molecule has 0 aromatic heterocycles. The number of sulfonamides is 1. The average molecular weight is 466 g/mol. The first-order valence-corrected chi connectivity index (χ1v) is 12.7. The molecule has 0 heterocycles. The molecule has 1 N–H and O–H groups in total. The summed E-state index contributed by atoms with van der Waals surface area (Å²) in [4.78, 5) is 14.5.